The largest absolute Gasteiger partial charge is 0.439 e. The minimum atomic E-state index is 0.572. The van der Waals surface area contributed by atoms with Crippen LogP contribution in [-0.2, 0) is 6.42 Å². The quantitative estimate of drug-likeness (QED) is 0.538. The van der Waals surface area contributed by atoms with Gasteiger partial charge in [-0.15, -0.1) is 0 Å². The third-order valence-corrected chi connectivity index (χ3v) is 3.29. The zero-order valence-corrected chi connectivity index (χ0v) is 13.6. The number of ether oxygens (including phenoxy) is 1. The van der Waals surface area contributed by atoms with Crippen molar-refractivity contribution in [2.24, 2.45) is 0 Å². The van der Waals surface area contributed by atoms with Gasteiger partial charge >= 0.3 is 0 Å². The molecule has 0 bridgehead atoms. The maximum Gasteiger partial charge on any atom is 0.223 e. The molecule has 0 aliphatic heterocycles. The van der Waals surface area contributed by atoms with E-state index in [1.54, 1.807) is 6.07 Å². The van der Waals surface area contributed by atoms with Crippen molar-refractivity contribution in [3.63, 3.8) is 0 Å². The standard InChI is InChI=1S/C13H12BrIN2O/c1-2-4-12-16-11(14)8-13(17-12)18-10-6-3-5-9(15)7-10/h3,5-8H,2,4H2,1H3. The molecule has 0 atom stereocenters. The molecule has 0 saturated carbocycles. The van der Waals surface area contributed by atoms with Gasteiger partial charge < -0.3 is 4.74 Å². The first-order chi connectivity index (χ1) is 8.67. The lowest BCUT2D eigenvalue weighted by atomic mass is 10.3. The Bertz CT molecular complexity index is 548. The summed E-state index contributed by atoms with van der Waals surface area (Å²) in [6.07, 6.45) is 1.86. The van der Waals surface area contributed by atoms with E-state index in [1.807, 2.05) is 24.3 Å². The minimum absolute atomic E-state index is 0.572. The second-order valence-electron chi connectivity index (χ2n) is 3.75. The van der Waals surface area contributed by atoms with Crippen molar-refractivity contribution in [2.75, 3.05) is 0 Å². The van der Waals surface area contributed by atoms with E-state index in [0.717, 1.165) is 32.6 Å². The van der Waals surface area contributed by atoms with Crippen LogP contribution in [0.3, 0.4) is 0 Å². The third-order valence-electron chi connectivity index (χ3n) is 2.21. The Labute approximate surface area is 128 Å². The van der Waals surface area contributed by atoms with Gasteiger partial charge in [0.2, 0.25) is 5.88 Å². The Morgan fingerprint density at radius 2 is 2.11 bits per heavy atom. The van der Waals surface area contributed by atoms with Crippen LogP contribution in [0.25, 0.3) is 0 Å². The minimum Gasteiger partial charge on any atom is -0.439 e. The van der Waals surface area contributed by atoms with E-state index in [-0.39, 0.29) is 0 Å². The van der Waals surface area contributed by atoms with Gasteiger partial charge in [0.1, 0.15) is 16.2 Å². The van der Waals surface area contributed by atoms with Gasteiger partial charge in [0.15, 0.2) is 0 Å². The number of halogens is 2. The molecule has 1 aromatic heterocycles. The van der Waals surface area contributed by atoms with Gasteiger partial charge in [-0.2, -0.15) is 4.98 Å². The van der Waals surface area contributed by atoms with Crippen LogP contribution in [0.4, 0.5) is 0 Å². The molecule has 0 N–H and O–H groups in total. The molecule has 5 heteroatoms. The molecule has 0 aliphatic rings. The van der Waals surface area contributed by atoms with Crippen LogP contribution in [0, 0.1) is 3.57 Å². The molecule has 0 unspecified atom stereocenters. The summed E-state index contributed by atoms with van der Waals surface area (Å²) in [7, 11) is 0. The van der Waals surface area contributed by atoms with Gasteiger partial charge in [-0.1, -0.05) is 13.0 Å². The predicted molar refractivity (Wildman–Crippen MR) is 83.0 cm³/mol. The molecule has 2 rings (SSSR count). The Balaban J connectivity index is 2.23. The van der Waals surface area contributed by atoms with Crippen molar-refractivity contribution in [3.8, 4) is 11.6 Å². The molecule has 0 radical (unpaired) electrons. The van der Waals surface area contributed by atoms with E-state index < -0.39 is 0 Å². The van der Waals surface area contributed by atoms with E-state index in [0.29, 0.717) is 5.88 Å². The molecular formula is C13H12BrIN2O. The van der Waals surface area contributed by atoms with Crippen molar-refractivity contribution < 1.29 is 4.74 Å². The highest BCUT2D eigenvalue weighted by Gasteiger charge is 2.05. The lowest BCUT2D eigenvalue weighted by molar-refractivity contribution is 0.457. The van der Waals surface area contributed by atoms with Gasteiger partial charge in [0.05, 0.1) is 0 Å². The van der Waals surface area contributed by atoms with Crippen molar-refractivity contribution in [1.82, 2.24) is 9.97 Å². The Hall–Kier alpha value is -0.690. The second-order valence-corrected chi connectivity index (χ2v) is 5.81. The maximum absolute atomic E-state index is 5.74. The molecule has 0 aliphatic carbocycles. The first-order valence-electron chi connectivity index (χ1n) is 5.64. The molecule has 1 heterocycles. The number of aromatic nitrogens is 2. The summed E-state index contributed by atoms with van der Waals surface area (Å²) in [6.45, 7) is 2.10. The van der Waals surface area contributed by atoms with Crippen LogP contribution in [0.2, 0.25) is 0 Å². The van der Waals surface area contributed by atoms with E-state index in [1.165, 1.54) is 0 Å². The summed E-state index contributed by atoms with van der Waals surface area (Å²) in [5.41, 5.74) is 0. The van der Waals surface area contributed by atoms with Gasteiger partial charge in [-0.25, -0.2) is 4.98 Å². The van der Waals surface area contributed by atoms with Crippen LogP contribution >= 0.6 is 38.5 Å². The summed E-state index contributed by atoms with van der Waals surface area (Å²) in [5, 5.41) is 0. The molecule has 18 heavy (non-hydrogen) atoms. The monoisotopic (exact) mass is 418 g/mol. The number of nitrogens with zero attached hydrogens (tertiary/aromatic N) is 2. The SMILES string of the molecule is CCCc1nc(Br)cc(Oc2cccc(I)c2)n1. The fourth-order valence-electron chi connectivity index (χ4n) is 1.48. The first-order valence-corrected chi connectivity index (χ1v) is 7.51. The van der Waals surface area contributed by atoms with Gasteiger partial charge in [-0.05, 0) is 63.1 Å². The zero-order valence-electron chi connectivity index (χ0n) is 9.86. The molecule has 1 aromatic carbocycles. The van der Waals surface area contributed by atoms with Gasteiger partial charge in [-0.3, -0.25) is 0 Å². The number of aryl methyl sites for hydroxylation is 1. The molecule has 2 aromatic rings. The molecule has 94 valence electrons. The molecule has 0 amide bonds. The second kappa shape index (κ2) is 6.47. The maximum atomic E-state index is 5.74. The number of rotatable bonds is 4. The average Bonchev–Trinajstić information content (AvgIpc) is 2.28. The summed E-state index contributed by atoms with van der Waals surface area (Å²) in [4.78, 5) is 8.69. The summed E-state index contributed by atoms with van der Waals surface area (Å²) >= 11 is 5.63. The summed E-state index contributed by atoms with van der Waals surface area (Å²) in [5.74, 6) is 2.16. The van der Waals surface area contributed by atoms with Crippen molar-refractivity contribution in [3.05, 3.63) is 44.3 Å². The van der Waals surface area contributed by atoms with E-state index in [4.69, 9.17) is 4.74 Å². The Kier molecular flexibility index (Phi) is 4.94. The van der Waals surface area contributed by atoms with E-state index in [2.05, 4.69) is 55.4 Å². The zero-order chi connectivity index (χ0) is 13.0. The smallest absolute Gasteiger partial charge is 0.223 e. The fourth-order valence-corrected chi connectivity index (χ4v) is 2.40. The van der Waals surface area contributed by atoms with Crippen LogP contribution in [-0.4, -0.2) is 9.97 Å². The van der Waals surface area contributed by atoms with Crippen molar-refractivity contribution in [1.29, 1.82) is 0 Å². The lowest BCUT2D eigenvalue weighted by Gasteiger charge is -2.07. The third kappa shape index (κ3) is 3.91. The Morgan fingerprint density at radius 3 is 2.83 bits per heavy atom. The highest BCUT2D eigenvalue weighted by Crippen LogP contribution is 2.23. The van der Waals surface area contributed by atoms with Gasteiger partial charge in [0, 0.05) is 16.1 Å². The normalized spacial score (nSPS) is 10.4. The molecule has 0 saturated heterocycles. The van der Waals surface area contributed by atoms with E-state index >= 15 is 0 Å². The number of benzene rings is 1. The van der Waals surface area contributed by atoms with Crippen LogP contribution in [0.15, 0.2) is 34.9 Å². The molecule has 0 fully saturated rings. The number of hydrogen-bond acceptors (Lipinski definition) is 3. The number of hydrogen-bond donors (Lipinski definition) is 0. The summed E-state index contributed by atoms with van der Waals surface area (Å²) < 4.78 is 7.62. The Morgan fingerprint density at radius 1 is 1.28 bits per heavy atom. The lowest BCUT2D eigenvalue weighted by Crippen LogP contribution is -1.97. The highest BCUT2D eigenvalue weighted by atomic mass is 127. The average molecular weight is 419 g/mol. The van der Waals surface area contributed by atoms with Crippen LogP contribution in [0.1, 0.15) is 19.2 Å². The molecular weight excluding hydrogens is 407 g/mol. The highest BCUT2D eigenvalue weighted by molar-refractivity contribution is 14.1. The van der Waals surface area contributed by atoms with Crippen molar-refractivity contribution >= 4 is 38.5 Å². The topological polar surface area (TPSA) is 35.0 Å². The van der Waals surface area contributed by atoms with Gasteiger partial charge in [0.25, 0.3) is 0 Å². The molecule has 0 spiro atoms. The van der Waals surface area contributed by atoms with Crippen LogP contribution in [0.5, 0.6) is 11.6 Å². The fraction of sp³-hybridized carbons (Fsp3) is 0.231. The predicted octanol–water partition coefficient (Wildman–Crippen LogP) is 4.59. The van der Waals surface area contributed by atoms with Crippen molar-refractivity contribution in [2.45, 2.75) is 19.8 Å². The molecule has 3 nitrogen and oxygen atoms in total. The van der Waals surface area contributed by atoms with Crippen LogP contribution < -0.4 is 4.74 Å². The van der Waals surface area contributed by atoms with E-state index in [9.17, 15) is 0 Å². The summed E-state index contributed by atoms with van der Waals surface area (Å²) in [6, 6.07) is 9.64. The first kappa shape index (κ1) is 13.7.